The fourth-order valence-corrected chi connectivity index (χ4v) is 4.84. The van der Waals surface area contributed by atoms with Crippen LogP contribution >= 0.6 is 15.9 Å². The Bertz CT molecular complexity index is 1220. The molecule has 1 atom stereocenters. The Morgan fingerprint density at radius 1 is 0.700 bits per heavy atom. The molecule has 0 fully saturated rings. The number of benzene rings is 4. The largest absolute Gasteiger partial charge is 0.321 e. The van der Waals surface area contributed by atoms with Crippen LogP contribution in [0.5, 0.6) is 0 Å². The van der Waals surface area contributed by atoms with Crippen LogP contribution in [-0.4, -0.2) is 4.45 Å². The number of allylic oxidation sites excluding steroid dienone is 2. The van der Waals surface area contributed by atoms with E-state index in [1.165, 1.54) is 27.6 Å². The second-order valence-electron chi connectivity index (χ2n) is 7.55. The predicted molar refractivity (Wildman–Crippen MR) is 132 cm³/mol. The van der Waals surface area contributed by atoms with Crippen molar-refractivity contribution in [3.05, 3.63) is 127 Å². The molecule has 0 amide bonds. The quantitative estimate of drug-likeness (QED) is 0.223. The summed E-state index contributed by atoms with van der Waals surface area (Å²) in [6, 6.07) is 36.3. The number of halogens is 1. The van der Waals surface area contributed by atoms with Crippen molar-refractivity contribution >= 4 is 43.7 Å². The fraction of sp³-hybridized carbons (Fsp3) is 0.0714. The average molecular weight is 452 g/mol. The highest BCUT2D eigenvalue weighted by Gasteiger charge is 2.34. The molecule has 5 rings (SSSR count). The Hall–Kier alpha value is -3.10. The molecule has 0 unspecified atom stereocenters. The van der Waals surface area contributed by atoms with Crippen LogP contribution in [0.25, 0.3) is 16.3 Å². The standard InChI is InChI=1S/C28H22BrN/c29-28(20-18-23(19-21-28)22-10-3-1-4-11-22)30(25-14-5-2-6-15-25)27-17-9-13-24-12-7-8-16-26(24)27/h1-20H,21H2/t28-/m1/s1. The number of nitrogens with zero attached hydrogens (tertiary/aromatic N) is 1. The van der Waals surface area contributed by atoms with Gasteiger partial charge in [-0.3, -0.25) is 0 Å². The van der Waals surface area contributed by atoms with Crippen LogP contribution in [-0.2, 0) is 0 Å². The minimum atomic E-state index is -0.350. The van der Waals surface area contributed by atoms with E-state index in [-0.39, 0.29) is 4.45 Å². The van der Waals surface area contributed by atoms with Gasteiger partial charge in [-0.2, -0.15) is 0 Å². The van der Waals surface area contributed by atoms with E-state index >= 15 is 0 Å². The molecule has 0 aromatic heterocycles. The zero-order chi connectivity index (χ0) is 20.4. The van der Waals surface area contributed by atoms with Gasteiger partial charge in [-0.25, -0.2) is 0 Å². The smallest absolute Gasteiger partial charge is 0.122 e. The van der Waals surface area contributed by atoms with Crippen molar-refractivity contribution in [3.8, 4) is 0 Å². The fourth-order valence-electron chi connectivity index (χ4n) is 4.15. The molecule has 30 heavy (non-hydrogen) atoms. The SMILES string of the molecule is Br[C@@]1(N(c2ccccc2)c2cccc3ccccc23)C=CC(c2ccccc2)=CC1. The van der Waals surface area contributed by atoms with Crippen LogP contribution in [0.1, 0.15) is 12.0 Å². The van der Waals surface area contributed by atoms with E-state index in [1.54, 1.807) is 0 Å². The van der Waals surface area contributed by atoms with Gasteiger partial charge in [0.15, 0.2) is 0 Å². The Labute approximate surface area is 186 Å². The van der Waals surface area contributed by atoms with Gasteiger partial charge in [0.1, 0.15) is 4.45 Å². The van der Waals surface area contributed by atoms with Crippen LogP contribution in [0.2, 0.25) is 0 Å². The molecule has 0 radical (unpaired) electrons. The first-order valence-electron chi connectivity index (χ1n) is 10.2. The first-order valence-corrected chi connectivity index (χ1v) is 11.0. The number of alkyl halides is 1. The molecule has 2 heteroatoms. The van der Waals surface area contributed by atoms with E-state index in [1.807, 2.05) is 0 Å². The molecular formula is C28H22BrN. The Morgan fingerprint density at radius 3 is 2.10 bits per heavy atom. The summed E-state index contributed by atoms with van der Waals surface area (Å²) < 4.78 is -0.350. The van der Waals surface area contributed by atoms with E-state index < -0.39 is 0 Å². The summed E-state index contributed by atoms with van der Waals surface area (Å²) in [5.74, 6) is 0. The predicted octanol–water partition coefficient (Wildman–Crippen LogP) is 8.11. The third-order valence-electron chi connectivity index (χ3n) is 5.63. The van der Waals surface area contributed by atoms with Gasteiger partial charge in [-0.1, -0.05) is 113 Å². The first-order chi connectivity index (χ1) is 14.7. The molecule has 0 spiro atoms. The van der Waals surface area contributed by atoms with Crippen LogP contribution in [0.15, 0.2) is 121 Å². The van der Waals surface area contributed by atoms with Gasteiger partial charge < -0.3 is 4.90 Å². The zero-order valence-corrected chi connectivity index (χ0v) is 18.2. The second-order valence-corrected chi connectivity index (χ2v) is 8.92. The highest BCUT2D eigenvalue weighted by molar-refractivity contribution is 9.10. The molecule has 0 saturated carbocycles. The maximum Gasteiger partial charge on any atom is 0.122 e. The van der Waals surface area contributed by atoms with Gasteiger partial charge in [-0.15, -0.1) is 0 Å². The van der Waals surface area contributed by atoms with Gasteiger partial charge in [-0.05, 0) is 40.8 Å². The number of hydrogen-bond acceptors (Lipinski definition) is 1. The van der Waals surface area contributed by atoms with Crippen molar-refractivity contribution in [2.24, 2.45) is 0 Å². The van der Waals surface area contributed by atoms with Gasteiger partial charge in [0.25, 0.3) is 0 Å². The van der Waals surface area contributed by atoms with E-state index in [2.05, 4.69) is 142 Å². The lowest BCUT2D eigenvalue weighted by Gasteiger charge is -2.41. The number of anilines is 2. The Balaban J connectivity index is 1.62. The van der Waals surface area contributed by atoms with Crippen molar-refractivity contribution in [2.45, 2.75) is 10.9 Å². The normalized spacial score (nSPS) is 18.2. The van der Waals surface area contributed by atoms with E-state index in [9.17, 15) is 0 Å². The van der Waals surface area contributed by atoms with Gasteiger partial charge in [0.2, 0.25) is 0 Å². The molecule has 0 bridgehead atoms. The zero-order valence-electron chi connectivity index (χ0n) is 16.6. The number of hydrogen-bond donors (Lipinski definition) is 0. The molecule has 1 aliphatic carbocycles. The number of para-hydroxylation sites is 1. The van der Waals surface area contributed by atoms with Gasteiger partial charge in [0.05, 0.1) is 5.69 Å². The summed E-state index contributed by atoms with van der Waals surface area (Å²) in [7, 11) is 0. The summed E-state index contributed by atoms with van der Waals surface area (Å²) in [4.78, 5) is 2.41. The molecule has 1 aliphatic rings. The van der Waals surface area contributed by atoms with Crippen LogP contribution in [0.4, 0.5) is 11.4 Å². The molecular weight excluding hydrogens is 430 g/mol. The van der Waals surface area contributed by atoms with Gasteiger partial charge >= 0.3 is 0 Å². The lowest BCUT2D eigenvalue weighted by Crippen LogP contribution is -2.39. The van der Waals surface area contributed by atoms with Crippen LogP contribution in [0, 0.1) is 0 Å². The Morgan fingerprint density at radius 2 is 1.37 bits per heavy atom. The summed E-state index contributed by atoms with van der Waals surface area (Å²) in [6.07, 6.45) is 7.69. The molecule has 0 saturated heterocycles. The molecule has 146 valence electrons. The van der Waals surface area contributed by atoms with Crippen molar-refractivity contribution in [1.29, 1.82) is 0 Å². The summed E-state index contributed by atoms with van der Waals surface area (Å²) in [5.41, 5.74) is 4.86. The van der Waals surface area contributed by atoms with E-state index in [0.29, 0.717) is 0 Å². The summed E-state index contributed by atoms with van der Waals surface area (Å²) in [5, 5.41) is 2.49. The van der Waals surface area contributed by atoms with Crippen LogP contribution in [0.3, 0.4) is 0 Å². The summed E-state index contributed by atoms with van der Waals surface area (Å²) >= 11 is 4.12. The van der Waals surface area contributed by atoms with Crippen molar-refractivity contribution in [1.82, 2.24) is 0 Å². The minimum Gasteiger partial charge on any atom is -0.321 e. The monoisotopic (exact) mass is 451 g/mol. The molecule has 0 heterocycles. The van der Waals surface area contributed by atoms with E-state index in [0.717, 1.165) is 12.1 Å². The lowest BCUT2D eigenvalue weighted by molar-refractivity contribution is 0.743. The molecule has 1 nitrogen and oxygen atoms in total. The third-order valence-corrected chi connectivity index (χ3v) is 6.57. The number of fused-ring (bicyclic) bond motifs is 1. The van der Waals surface area contributed by atoms with Crippen molar-refractivity contribution in [3.63, 3.8) is 0 Å². The maximum atomic E-state index is 4.12. The first kappa shape index (κ1) is 18.9. The average Bonchev–Trinajstić information content (AvgIpc) is 2.81. The second kappa shape index (κ2) is 7.97. The molecule has 4 aromatic carbocycles. The Kier molecular flexibility index (Phi) is 5.02. The highest BCUT2D eigenvalue weighted by Crippen LogP contribution is 2.45. The van der Waals surface area contributed by atoms with Crippen molar-refractivity contribution in [2.75, 3.05) is 4.90 Å². The third kappa shape index (κ3) is 3.48. The minimum absolute atomic E-state index is 0.350. The van der Waals surface area contributed by atoms with Crippen LogP contribution < -0.4 is 4.90 Å². The van der Waals surface area contributed by atoms with Crippen molar-refractivity contribution < 1.29 is 0 Å². The molecule has 4 aromatic rings. The topological polar surface area (TPSA) is 3.24 Å². The molecule has 0 aliphatic heterocycles. The van der Waals surface area contributed by atoms with Gasteiger partial charge in [0, 0.05) is 17.5 Å². The maximum absolute atomic E-state index is 4.12. The van der Waals surface area contributed by atoms with E-state index in [4.69, 9.17) is 0 Å². The summed E-state index contributed by atoms with van der Waals surface area (Å²) in [6.45, 7) is 0. The number of rotatable bonds is 4. The lowest BCUT2D eigenvalue weighted by atomic mass is 9.95. The highest BCUT2D eigenvalue weighted by atomic mass is 79.9. The molecule has 0 N–H and O–H groups in total.